The Kier molecular flexibility index (Phi) is 3.03. The average molecular weight is 242 g/mol. The van der Waals surface area contributed by atoms with Crippen molar-refractivity contribution < 1.29 is 4.39 Å². The van der Waals surface area contributed by atoms with Gasteiger partial charge in [0.2, 0.25) is 0 Å². The Morgan fingerprint density at radius 1 is 1.47 bits per heavy atom. The largest absolute Gasteiger partial charge is 0.244 e. The van der Waals surface area contributed by atoms with E-state index in [4.69, 9.17) is 11.6 Å². The van der Waals surface area contributed by atoms with E-state index in [9.17, 15) is 4.39 Å². The molecule has 0 aliphatic rings. The number of halogens is 2. The number of rotatable bonds is 2. The molecule has 1 aromatic carbocycles. The summed E-state index contributed by atoms with van der Waals surface area (Å²) in [6.45, 7) is 1.86. The molecule has 0 aliphatic carbocycles. The second-order valence-corrected chi connectivity index (χ2v) is 4.63. The second-order valence-electron chi connectivity index (χ2n) is 3.25. The van der Waals surface area contributed by atoms with Crippen molar-refractivity contribution in [2.75, 3.05) is 0 Å². The van der Waals surface area contributed by atoms with Crippen LogP contribution in [0.15, 0.2) is 24.4 Å². The van der Waals surface area contributed by atoms with Crippen LogP contribution in [0, 0.1) is 12.7 Å². The SMILES string of the molecule is Cc1ccc(-c2ncc(CCl)s2)c(F)c1. The maximum atomic E-state index is 13.6. The number of thiazole rings is 1. The van der Waals surface area contributed by atoms with Crippen molar-refractivity contribution in [3.8, 4) is 10.6 Å². The summed E-state index contributed by atoms with van der Waals surface area (Å²) in [5.41, 5.74) is 1.45. The minimum atomic E-state index is -0.231. The summed E-state index contributed by atoms with van der Waals surface area (Å²) in [5.74, 6) is 0.191. The van der Waals surface area contributed by atoms with Gasteiger partial charge in [-0.3, -0.25) is 0 Å². The highest BCUT2D eigenvalue weighted by Crippen LogP contribution is 2.28. The van der Waals surface area contributed by atoms with Crippen LogP contribution in [-0.4, -0.2) is 4.98 Å². The fraction of sp³-hybridized carbons (Fsp3) is 0.182. The molecular weight excluding hydrogens is 233 g/mol. The number of aryl methyl sites for hydroxylation is 1. The molecule has 0 aliphatic heterocycles. The minimum Gasteiger partial charge on any atom is -0.244 e. The van der Waals surface area contributed by atoms with E-state index in [0.29, 0.717) is 16.5 Å². The van der Waals surface area contributed by atoms with Crippen molar-refractivity contribution in [2.45, 2.75) is 12.8 Å². The Morgan fingerprint density at radius 3 is 2.87 bits per heavy atom. The molecule has 1 nitrogen and oxygen atoms in total. The Balaban J connectivity index is 2.44. The first kappa shape index (κ1) is 10.6. The number of hydrogen-bond donors (Lipinski definition) is 0. The topological polar surface area (TPSA) is 12.9 Å². The summed E-state index contributed by atoms with van der Waals surface area (Å²) in [5, 5.41) is 0.683. The van der Waals surface area contributed by atoms with Crippen LogP contribution in [0.5, 0.6) is 0 Å². The van der Waals surface area contributed by atoms with Crippen LogP contribution in [0.25, 0.3) is 10.6 Å². The van der Waals surface area contributed by atoms with Crippen molar-refractivity contribution in [3.63, 3.8) is 0 Å². The average Bonchev–Trinajstić information content (AvgIpc) is 2.66. The lowest BCUT2D eigenvalue weighted by Crippen LogP contribution is -1.84. The number of hydrogen-bond acceptors (Lipinski definition) is 2. The van der Waals surface area contributed by atoms with Crippen molar-refractivity contribution in [1.82, 2.24) is 4.98 Å². The van der Waals surface area contributed by atoms with E-state index in [-0.39, 0.29) is 5.82 Å². The van der Waals surface area contributed by atoms with Crippen LogP contribution in [0.1, 0.15) is 10.4 Å². The van der Waals surface area contributed by atoms with E-state index in [1.165, 1.54) is 17.4 Å². The van der Waals surface area contributed by atoms with Gasteiger partial charge < -0.3 is 0 Å². The first-order valence-electron chi connectivity index (χ1n) is 4.48. The molecule has 0 saturated heterocycles. The van der Waals surface area contributed by atoms with Gasteiger partial charge in [0.05, 0.1) is 5.88 Å². The van der Waals surface area contributed by atoms with Gasteiger partial charge in [0.15, 0.2) is 0 Å². The highest BCUT2D eigenvalue weighted by atomic mass is 35.5. The van der Waals surface area contributed by atoms with Crippen LogP contribution in [-0.2, 0) is 5.88 Å². The van der Waals surface area contributed by atoms with Gasteiger partial charge in [0.25, 0.3) is 0 Å². The van der Waals surface area contributed by atoms with E-state index in [0.717, 1.165) is 10.4 Å². The summed E-state index contributed by atoms with van der Waals surface area (Å²) >= 11 is 7.09. The molecule has 0 radical (unpaired) electrons. The van der Waals surface area contributed by atoms with Gasteiger partial charge in [-0.2, -0.15) is 0 Å². The predicted octanol–water partition coefficient (Wildman–Crippen LogP) is 4.00. The number of alkyl halides is 1. The van der Waals surface area contributed by atoms with Crippen molar-refractivity contribution in [3.05, 3.63) is 40.7 Å². The van der Waals surface area contributed by atoms with Crippen LogP contribution in [0.4, 0.5) is 4.39 Å². The molecule has 0 bridgehead atoms. The van der Waals surface area contributed by atoms with Crippen molar-refractivity contribution in [1.29, 1.82) is 0 Å². The standard InChI is InChI=1S/C11H9ClFNS/c1-7-2-3-9(10(13)4-7)11-14-6-8(5-12)15-11/h2-4,6H,5H2,1H3. The van der Waals surface area contributed by atoms with E-state index >= 15 is 0 Å². The van der Waals surface area contributed by atoms with Gasteiger partial charge in [-0.25, -0.2) is 9.37 Å². The third-order valence-corrected chi connectivity index (χ3v) is 3.52. The Labute approximate surface area is 96.5 Å². The third kappa shape index (κ3) is 2.19. The molecule has 0 saturated carbocycles. The summed E-state index contributed by atoms with van der Waals surface area (Å²) < 4.78 is 13.6. The molecule has 2 rings (SSSR count). The van der Waals surface area contributed by atoms with Crippen LogP contribution >= 0.6 is 22.9 Å². The molecule has 0 spiro atoms. The lowest BCUT2D eigenvalue weighted by molar-refractivity contribution is 0.630. The second kappa shape index (κ2) is 4.29. The molecule has 0 amide bonds. The highest BCUT2D eigenvalue weighted by molar-refractivity contribution is 7.15. The number of aromatic nitrogens is 1. The smallest absolute Gasteiger partial charge is 0.133 e. The molecule has 0 N–H and O–H groups in total. The zero-order valence-electron chi connectivity index (χ0n) is 8.13. The van der Waals surface area contributed by atoms with Gasteiger partial charge in [-0.05, 0) is 24.6 Å². The third-order valence-electron chi connectivity index (χ3n) is 2.04. The van der Waals surface area contributed by atoms with Crippen LogP contribution < -0.4 is 0 Å². The minimum absolute atomic E-state index is 0.231. The van der Waals surface area contributed by atoms with E-state index in [2.05, 4.69) is 4.98 Å². The predicted molar refractivity (Wildman–Crippen MR) is 61.8 cm³/mol. The summed E-state index contributed by atoms with van der Waals surface area (Å²) in [7, 11) is 0. The molecule has 1 heterocycles. The van der Waals surface area contributed by atoms with Crippen LogP contribution in [0.2, 0.25) is 0 Å². The lowest BCUT2D eigenvalue weighted by Gasteiger charge is -1.99. The van der Waals surface area contributed by atoms with Gasteiger partial charge in [0, 0.05) is 16.6 Å². The molecule has 78 valence electrons. The molecule has 4 heteroatoms. The Bertz CT molecular complexity index is 481. The Morgan fingerprint density at radius 2 is 2.27 bits per heavy atom. The highest BCUT2D eigenvalue weighted by Gasteiger charge is 2.09. The molecule has 15 heavy (non-hydrogen) atoms. The van der Waals surface area contributed by atoms with E-state index < -0.39 is 0 Å². The van der Waals surface area contributed by atoms with E-state index in [1.54, 1.807) is 12.3 Å². The molecule has 0 fully saturated rings. The normalized spacial score (nSPS) is 10.6. The zero-order chi connectivity index (χ0) is 10.8. The number of benzene rings is 1. The first-order chi connectivity index (χ1) is 7.20. The van der Waals surface area contributed by atoms with Gasteiger partial charge >= 0.3 is 0 Å². The maximum absolute atomic E-state index is 13.6. The molecule has 2 aromatic rings. The molecule has 0 atom stereocenters. The summed E-state index contributed by atoms with van der Waals surface area (Å²) in [6.07, 6.45) is 1.69. The maximum Gasteiger partial charge on any atom is 0.133 e. The zero-order valence-corrected chi connectivity index (χ0v) is 9.70. The summed E-state index contributed by atoms with van der Waals surface area (Å²) in [4.78, 5) is 5.09. The van der Waals surface area contributed by atoms with Gasteiger partial charge in [0.1, 0.15) is 10.8 Å². The molecule has 1 aromatic heterocycles. The number of nitrogens with zero attached hydrogens (tertiary/aromatic N) is 1. The van der Waals surface area contributed by atoms with E-state index in [1.807, 2.05) is 13.0 Å². The van der Waals surface area contributed by atoms with Crippen molar-refractivity contribution >= 4 is 22.9 Å². The van der Waals surface area contributed by atoms with Gasteiger partial charge in [-0.15, -0.1) is 22.9 Å². The van der Waals surface area contributed by atoms with Crippen LogP contribution in [0.3, 0.4) is 0 Å². The molecule has 0 unspecified atom stereocenters. The quantitative estimate of drug-likeness (QED) is 0.725. The van der Waals surface area contributed by atoms with Gasteiger partial charge in [-0.1, -0.05) is 6.07 Å². The van der Waals surface area contributed by atoms with Crippen molar-refractivity contribution in [2.24, 2.45) is 0 Å². The summed E-state index contributed by atoms with van der Waals surface area (Å²) in [6, 6.07) is 5.14. The first-order valence-corrected chi connectivity index (χ1v) is 5.83. The fourth-order valence-corrected chi connectivity index (χ4v) is 2.31. The Hall–Kier alpha value is -0.930. The monoisotopic (exact) mass is 241 g/mol. The fourth-order valence-electron chi connectivity index (χ4n) is 1.29. The molecular formula is C11H9ClFNS. The lowest BCUT2D eigenvalue weighted by atomic mass is 10.1.